The van der Waals surface area contributed by atoms with Crippen molar-refractivity contribution in [2.45, 2.75) is 26.7 Å². The highest BCUT2D eigenvalue weighted by Crippen LogP contribution is 2.40. The maximum absolute atomic E-state index is 13.5. The Bertz CT molecular complexity index is 1020. The third-order valence-electron chi connectivity index (χ3n) is 5.45. The molecule has 0 N–H and O–H groups in total. The van der Waals surface area contributed by atoms with Crippen LogP contribution in [0.15, 0.2) is 42.1 Å². The molecule has 1 fully saturated rings. The summed E-state index contributed by atoms with van der Waals surface area (Å²) in [6, 6.07) is 10.8. The van der Waals surface area contributed by atoms with Gasteiger partial charge in [0.25, 0.3) is 11.8 Å². The number of hydrogen-bond donors (Lipinski definition) is 0. The van der Waals surface area contributed by atoms with Gasteiger partial charge in [0.05, 0.1) is 21.3 Å². The zero-order valence-electron chi connectivity index (χ0n) is 15.8. The monoisotopic (exact) mass is 414 g/mol. The van der Waals surface area contributed by atoms with Gasteiger partial charge < -0.3 is 4.90 Å². The van der Waals surface area contributed by atoms with Crippen LogP contribution in [-0.4, -0.2) is 29.8 Å². The average molecular weight is 415 g/mol. The summed E-state index contributed by atoms with van der Waals surface area (Å²) in [6.45, 7) is 5.55. The van der Waals surface area contributed by atoms with Crippen molar-refractivity contribution in [1.29, 1.82) is 0 Å². The maximum atomic E-state index is 13.5. The highest BCUT2D eigenvalue weighted by molar-refractivity contribution is 6.49. The lowest BCUT2D eigenvalue weighted by molar-refractivity contribution is -0.120. The molecular formula is C22H20Cl2N2O2. The average Bonchev–Trinajstić information content (AvgIpc) is 3.27. The maximum Gasteiger partial charge on any atom is 0.282 e. The molecule has 1 saturated heterocycles. The molecule has 0 saturated carbocycles. The van der Waals surface area contributed by atoms with Crippen LogP contribution in [0, 0.1) is 13.8 Å². The normalized spacial score (nSPS) is 17.3. The van der Waals surface area contributed by atoms with E-state index in [-0.39, 0.29) is 16.8 Å². The molecule has 0 bridgehead atoms. The zero-order chi connectivity index (χ0) is 20.0. The van der Waals surface area contributed by atoms with E-state index in [9.17, 15) is 9.59 Å². The van der Waals surface area contributed by atoms with Crippen LogP contribution in [0.4, 0.5) is 5.69 Å². The summed E-state index contributed by atoms with van der Waals surface area (Å²) in [7, 11) is 0. The Labute approximate surface area is 174 Å². The van der Waals surface area contributed by atoms with Crippen molar-refractivity contribution in [3.8, 4) is 0 Å². The standard InChI is InChI=1S/C22H20Cl2N2O2/c1-13-8-9-15(12-14(13)2)18-20(25-10-3-4-11-25)22(28)26(21(18)27)17-7-5-6-16(23)19(17)24/h5-9,12H,3-4,10-11H2,1-2H3. The molecule has 0 aromatic heterocycles. The molecule has 0 unspecified atom stereocenters. The third kappa shape index (κ3) is 3.01. The van der Waals surface area contributed by atoms with Gasteiger partial charge in [0.15, 0.2) is 0 Å². The smallest absolute Gasteiger partial charge is 0.282 e. The van der Waals surface area contributed by atoms with Crippen molar-refractivity contribution in [2.75, 3.05) is 18.0 Å². The molecule has 0 radical (unpaired) electrons. The first-order chi connectivity index (χ1) is 13.4. The minimum Gasteiger partial charge on any atom is -0.366 e. The lowest BCUT2D eigenvalue weighted by atomic mass is 9.99. The van der Waals surface area contributed by atoms with Crippen molar-refractivity contribution in [3.63, 3.8) is 0 Å². The van der Waals surface area contributed by atoms with Gasteiger partial charge in [-0.2, -0.15) is 0 Å². The number of benzene rings is 2. The number of amides is 2. The van der Waals surface area contributed by atoms with E-state index in [1.807, 2.05) is 36.9 Å². The molecule has 0 aliphatic carbocycles. The number of carbonyl (C=O) groups excluding carboxylic acids is 2. The molecule has 4 rings (SSSR count). The van der Waals surface area contributed by atoms with Gasteiger partial charge in [0.2, 0.25) is 0 Å². The molecule has 2 aromatic carbocycles. The summed E-state index contributed by atoms with van der Waals surface area (Å²) in [5.74, 6) is -0.705. The Kier molecular flexibility index (Phi) is 4.94. The fourth-order valence-corrected chi connectivity index (χ4v) is 4.17. The molecule has 6 heteroatoms. The molecule has 2 aliphatic rings. The SMILES string of the molecule is Cc1ccc(C2=C(N3CCCC3)C(=O)N(c3cccc(Cl)c3Cl)C2=O)cc1C. The first-order valence-electron chi connectivity index (χ1n) is 9.30. The van der Waals surface area contributed by atoms with Crippen LogP contribution in [0.2, 0.25) is 10.0 Å². The molecule has 144 valence electrons. The molecule has 2 heterocycles. The summed E-state index contributed by atoms with van der Waals surface area (Å²) in [4.78, 5) is 30.0. The van der Waals surface area contributed by atoms with Crippen LogP contribution in [0.3, 0.4) is 0 Å². The van der Waals surface area contributed by atoms with E-state index in [0.717, 1.165) is 47.5 Å². The Morgan fingerprint density at radius 1 is 0.893 bits per heavy atom. The van der Waals surface area contributed by atoms with Crippen LogP contribution in [0.1, 0.15) is 29.5 Å². The van der Waals surface area contributed by atoms with Crippen LogP contribution in [0.5, 0.6) is 0 Å². The van der Waals surface area contributed by atoms with E-state index in [1.54, 1.807) is 18.2 Å². The van der Waals surface area contributed by atoms with E-state index < -0.39 is 0 Å². The number of nitrogens with zero attached hydrogens (tertiary/aromatic N) is 2. The number of likely N-dealkylation sites (tertiary alicyclic amines) is 1. The zero-order valence-corrected chi connectivity index (χ0v) is 17.3. The number of halogens is 2. The summed E-state index contributed by atoms with van der Waals surface area (Å²) in [6.07, 6.45) is 2.01. The predicted octanol–water partition coefficient (Wildman–Crippen LogP) is 4.99. The van der Waals surface area contributed by atoms with Gasteiger partial charge >= 0.3 is 0 Å². The van der Waals surface area contributed by atoms with Gasteiger partial charge in [-0.1, -0.05) is 47.5 Å². The highest BCUT2D eigenvalue weighted by atomic mass is 35.5. The Balaban J connectivity index is 1.88. The molecule has 2 aliphatic heterocycles. The first-order valence-corrected chi connectivity index (χ1v) is 10.1. The van der Waals surface area contributed by atoms with E-state index in [1.165, 1.54) is 0 Å². The van der Waals surface area contributed by atoms with Gasteiger partial charge in [-0.25, -0.2) is 4.90 Å². The lowest BCUT2D eigenvalue weighted by Gasteiger charge is -2.21. The van der Waals surface area contributed by atoms with Gasteiger partial charge in [-0.15, -0.1) is 0 Å². The quantitative estimate of drug-likeness (QED) is 0.664. The minimum absolute atomic E-state index is 0.202. The van der Waals surface area contributed by atoms with Gasteiger partial charge in [0, 0.05) is 13.1 Å². The van der Waals surface area contributed by atoms with Crippen molar-refractivity contribution >= 4 is 46.3 Å². The molecule has 2 aromatic rings. The number of aryl methyl sites for hydroxylation is 2. The molecule has 0 atom stereocenters. The number of imide groups is 1. The number of hydrogen-bond acceptors (Lipinski definition) is 3. The minimum atomic E-state index is -0.362. The Morgan fingerprint density at radius 2 is 1.61 bits per heavy atom. The second-order valence-electron chi connectivity index (χ2n) is 7.24. The van der Waals surface area contributed by atoms with Crippen molar-refractivity contribution in [1.82, 2.24) is 4.90 Å². The lowest BCUT2D eigenvalue weighted by Crippen LogP contribution is -2.34. The molecule has 2 amide bonds. The Hall–Kier alpha value is -2.30. The summed E-state index contributed by atoms with van der Waals surface area (Å²) in [5.41, 5.74) is 4.18. The van der Waals surface area contributed by atoms with Crippen LogP contribution in [0.25, 0.3) is 5.57 Å². The molecule has 0 spiro atoms. The van der Waals surface area contributed by atoms with Crippen LogP contribution < -0.4 is 4.90 Å². The fourth-order valence-electron chi connectivity index (χ4n) is 3.79. The van der Waals surface area contributed by atoms with E-state index in [4.69, 9.17) is 23.2 Å². The summed E-state index contributed by atoms with van der Waals surface area (Å²) < 4.78 is 0. The number of rotatable bonds is 3. The Morgan fingerprint density at radius 3 is 2.29 bits per heavy atom. The van der Waals surface area contributed by atoms with Gasteiger partial charge in [0.1, 0.15) is 5.70 Å². The van der Waals surface area contributed by atoms with E-state index >= 15 is 0 Å². The second-order valence-corrected chi connectivity index (χ2v) is 8.02. The fraction of sp³-hybridized carbons (Fsp3) is 0.273. The number of carbonyl (C=O) groups is 2. The van der Waals surface area contributed by atoms with Gasteiger partial charge in [-0.05, 0) is 55.5 Å². The number of anilines is 1. The summed E-state index contributed by atoms with van der Waals surface area (Å²) >= 11 is 12.5. The predicted molar refractivity (Wildman–Crippen MR) is 113 cm³/mol. The van der Waals surface area contributed by atoms with Crippen molar-refractivity contribution in [3.05, 3.63) is 68.8 Å². The third-order valence-corrected chi connectivity index (χ3v) is 6.26. The topological polar surface area (TPSA) is 40.6 Å². The van der Waals surface area contributed by atoms with Crippen molar-refractivity contribution < 1.29 is 9.59 Å². The van der Waals surface area contributed by atoms with Crippen LogP contribution in [-0.2, 0) is 9.59 Å². The molecule has 28 heavy (non-hydrogen) atoms. The second kappa shape index (κ2) is 7.26. The van der Waals surface area contributed by atoms with E-state index in [2.05, 4.69) is 0 Å². The molecular weight excluding hydrogens is 395 g/mol. The molecule has 4 nitrogen and oxygen atoms in total. The van der Waals surface area contributed by atoms with Gasteiger partial charge in [-0.3, -0.25) is 9.59 Å². The van der Waals surface area contributed by atoms with Crippen LogP contribution >= 0.6 is 23.2 Å². The summed E-state index contributed by atoms with van der Waals surface area (Å²) in [5, 5.41) is 0.509. The van der Waals surface area contributed by atoms with Crippen molar-refractivity contribution in [2.24, 2.45) is 0 Å². The first kappa shape index (κ1) is 19.0. The largest absolute Gasteiger partial charge is 0.366 e. The highest BCUT2D eigenvalue weighted by Gasteiger charge is 2.43. The van der Waals surface area contributed by atoms with E-state index in [0.29, 0.717) is 22.0 Å².